The molecule has 1 unspecified atom stereocenters. The van der Waals surface area contributed by atoms with E-state index in [9.17, 15) is 9.50 Å². The number of pyridine rings is 1. The van der Waals surface area contributed by atoms with Crippen molar-refractivity contribution in [3.63, 3.8) is 0 Å². The van der Waals surface area contributed by atoms with Crippen LogP contribution < -0.4 is 10.2 Å². The van der Waals surface area contributed by atoms with Gasteiger partial charge in [-0.3, -0.25) is 4.90 Å². The molecule has 2 fully saturated rings. The molecule has 226 valence electrons. The number of rotatable bonds is 9. The summed E-state index contributed by atoms with van der Waals surface area (Å²) in [6, 6.07) is 18.1. The van der Waals surface area contributed by atoms with Gasteiger partial charge in [-0.05, 0) is 68.8 Å². The lowest BCUT2D eigenvalue weighted by Crippen LogP contribution is -2.35. The van der Waals surface area contributed by atoms with Gasteiger partial charge in [-0.15, -0.1) is 5.48 Å². The van der Waals surface area contributed by atoms with Crippen LogP contribution in [-0.2, 0) is 29.3 Å². The van der Waals surface area contributed by atoms with E-state index >= 15 is 0 Å². The summed E-state index contributed by atoms with van der Waals surface area (Å²) in [6.07, 6.45) is 3.95. The number of nitriles is 1. The van der Waals surface area contributed by atoms with E-state index in [-0.39, 0.29) is 18.3 Å². The Balaban J connectivity index is 1.01. The Morgan fingerprint density at radius 2 is 1.95 bits per heavy atom. The number of piperidine rings is 1. The van der Waals surface area contributed by atoms with Gasteiger partial charge in [0, 0.05) is 41.5 Å². The highest BCUT2D eigenvalue weighted by Gasteiger charge is 2.26. The van der Waals surface area contributed by atoms with Gasteiger partial charge in [-0.25, -0.2) is 14.4 Å². The van der Waals surface area contributed by atoms with Crippen LogP contribution in [0.1, 0.15) is 53.4 Å². The fourth-order valence-corrected chi connectivity index (χ4v) is 5.98. The lowest BCUT2D eigenvalue weighted by Gasteiger charge is -2.32. The van der Waals surface area contributed by atoms with Crippen molar-refractivity contribution in [3.8, 4) is 11.9 Å². The first-order valence-corrected chi connectivity index (χ1v) is 15.0. The Bertz CT molecular complexity index is 1740. The van der Waals surface area contributed by atoms with Crippen LogP contribution in [0.3, 0.4) is 0 Å². The number of ether oxygens (including phenoxy) is 2. The highest BCUT2D eigenvalue weighted by atomic mass is 19.1. The first kappa shape index (κ1) is 28.4. The molecular formula is C33H33FN6O4. The van der Waals surface area contributed by atoms with Crippen molar-refractivity contribution in [3.05, 3.63) is 94.7 Å². The first-order chi connectivity index (χ1) is 21.5. The van der Waals surface area contributed by atoms with Crippen molar-refractivity contribution >= 4 is 16.8 Å². The summed E-state index contributed by atoms with van der Waals surface area (Å²) in [5, 5.41) is 18.7. The van der Waals surface area contributed by atoms with Crippen LogP contribution in [0.25, 0.3) is 16.8 Å². The van der Waals surface area contributed by atoms with Crippen LogP contribution >= 0.6 is 0 Å². The normalized spacial score (nSPS) is 20.6. The summed E-state index contributed by atoms with van der Waals surface area (Å²) in [5.74, 6) is 1.91. The predicted octanol–water partition coefficient (Wildman–Crippen LogP) is 4.38. The Labute approximate surface area is 254 Å². The van der Waals surface area contributed by atoms with Gasteiger partial charge in [0.05, 0.1) is 41.9 Å². The third-order valence-electron chi connectivity index (χ3n) is 8.56. The molecule has 5 heterocycles. The molecule has 2 saturated heterocycles. The van der Waals surface area contributed by atoms with E-state index in [1.807, 2.05) is 30.3 Å². The molecule has 2 aromatic carbocycles. The average molecular weight is 597 g/mol. The number of halogens is 1. The van der Waals surface area contributed by atoms with Crippen molar-refractivity contribution in [1.29, 1.82) is 5.26 Å². The molecule has 0 aliphatic carbocycles. The third kappa shape index (κ3) is 6.02. The summed E-state index contributed by atoms with van der Waals surface area (Å²) in [5.41, 5.74) is 7.03. The lowest BCUT2D eigenvalue weighted by molar-refractivity contribution is -0.0592. The molecular weight excluding hydrogens is 563 g/mol. The monoisotopic (exact) mass is 596 g/mol. The number of nitrogens with one attached hydrogen (secondary N) is 1. The lowest BCUT2D eigenvalue weighted by atomic mass is 9.93. The maximum atomic E-state index is 14.3. The quantitative estimate of drug-likeness (QED) is 0.290. The summed E-state index contributed by atoms with van der Waals surface area (Å²) in [6.45, 7) is 4.14. The molecule has 2 N–H and O–H groups in total. The number of imidazole rings is 1. The summed E-state index contributed by atoms with van der Waals surface area (Å²) < 4.78 is 28.2. The Kier molecular flexibility index (Phi) is 7.97. The molecule has 3 aliphatic heterocycles. The molecule has 0 saturated carbocycles. The highest BCUT2D eigenvalue weighted by molar-refractivity contribution is 5.81. The standard InChI is InChI=1S/C33H33FN6O4/c34-26-14-21(17-35)4-5-24(26)20-43-33-3-1-2-27(37-33)22-8-11-39(12-9-22)19-31-36-28-7-6-23(30-16-32(41)38-44-30)15-29(28)40(31)18-25-10-13-42-25/h1-7,14-16,22,25,32,38,41H,8-13,18-20H2/t25-,32?/m0/s1. The molecule has 11 heteroatoms. The number of hydroxylamine groups is 1. The minimum Gasteiger partial charge on any atom is -0.473 e. The Morgan fingerprint density at radius 3 is 2.68 bits per heavy atom. The van der Waals surface area contributed by atoms with Crippen LogP contribution in [0.4, 0.5) is 4.39 Å². The van der Waals surface area contributed by atoms with Gasteiger partial charge in [0.15, 0.2) is 12.0 Å². The van der Waals surface area contributed by atoms with Gasteiger partial charge in [-0.1, -0.05) is 12.1 Å². The highest BCUT2D eigenvalue weighted by Crippen LogP contribution is 2.31. The van der Waals surface area contributed by atoms with Crippen molar-refractivity contribution in [2.75, 3.05) is 19.7 Å². The molecule has 0 radical (unpaired) electrons. The van der Waals surface area contributed by atoms with E-state index in [1.54, 1.807) is 24.3 Å². The van der Waals surface area contributed by atoms with Gasteiger partial charge in [0.1, 0.15) is 18.2 Å². The smallest absolute Gasteiger partial charge is 0.213 e. The van der Waals surface area contributed by atoms with Gasteiger partial charge in [0.2, 0.25) is 5.88 Å². The molecule has 0 amide bonds. The molecule has 7 rings (SSSR count). The number of aliphatic hydroxyl groups is 1. The topological polar surface area (TPSA) is 118 Å². The number of aromatic nitrogens is 3. The molecule has 2 aromatic heterocycles. The first-order valence-electron chi connectivity index (χ1n) is 15.0. The van der Waals surface area contributed by atoms with E-state index in [1.165, 1.54) is 6.07 Å². The zero-order valence-corrected chi connectivity index (χ0v) is 24.2. The van der Waals surface area contributed by atoms with E-state index in [2.05, 4.69) is 21.0 Å². The molecule has 10 nitrogen and oxygen atoms in total. The van der Waals surface area contributed by atoms with Crippen molar-refractivity contribution in [1.82, 2.24) is 24.9 Å². The van der Waals surface area contributed by atoms with E-state index in [0.29, 0.717) is 23.1 Å². The fraction of sp³-hybridized carbons (Fsp3) is 0.364. The minimum atomic E-state index is -0.823. The summed E-state index contributed by atoms with van der Waals surface area (Å²) in [4.78, 5) is 17.6. The van der Waals surface area contributed by atoms with E-state index < -0.39 is 12.0 Å². The van der Waals surface area contributed by atoms with Crippen LogP contribution in [0.2, 0.25) is 0 Å². The number of hydrogen-bond acceptors (Lipinski definition) is 9. The van der Waals surface area contributed by atoms with Crippen LogP contribution in [0.15, 0.2) is 60.7 Å². The second-order valence-electron chi connectivity index (χ2n) is 11.5. The minimum absolute atomic E-state index is 0.0459. The van der Waals surface area contributed by atoms with E-state index in [0.717, 1.165) is 80.2 Å². The molecule has 0 spiro atoms. The zero-order chi connectivity index (χ0) is 30.0. The number of aliphatic hydroxyl groups excluding tert-OH is 1. The SMILES string of the molecule is N#Cc1ccc(COc2cccc(C3CCN(Cc4nc5ccc(C6=CC(O)NO6)cc5n4C[C@@H]4CCO4)CC3)n2)c(F)c1. The number of nitrogens with zero attached hydrogens (tertiary/aromatic N) is 5. The van der Waals surface area contributed by atoms with Gasteiger partial charge >= 0.3 is 0 Å². The number of benzene rings is 2. The Morgan fingerprint density at radius 1 is 1.09 bits per heavy atom. The number of fused-ring (bicyclic) bond motifs is 1. The summed E-state index contributed by atoms with van der Waals surface area (Å²) >= 11 is 0. The second-order valence-corrected chi connectivity index (χ2v) is 11.5. The summed E-state index contributed by atoms with van der Waals surface area (Å²) in [7, 11) is 0. The van der Waals surface area contributed by atoms with E-state index in [4.69, 9.17) is 29.5 Å². The van der Waals surface area contributed by atoms with Crippen molar-refractivity contribution < 1.29 is 23.8 Å². The average Bonchev–Trinajstić information content (AvgIpc) is 3.61. The largest absolute Gasteiger partial charge is 0.473 e. The Hall–Kier alpha value is -4.34. The second kappa shape index (κ2) is 12.3. The van der Waals surface area contributed by atoms with Crippen molar-refractivity contribution in [2.24, 2.45) is 0 Å². The van der Waals surface area contributed by atoms with Gasteiger partial charge in [0.25, 0.3) is 0 Å². The maximum absolute atomic E-state index is 14.3. The van der Waals surface area contributed by atoms with Crippen LogP contribution in [0, 0.1) is 17.1 Å². The molecule has 3 aliphatic rings. The molecule has 4 aromatic rings. The van der Waals surface area contributed by atoms with Crippen LogP contribution in [-0.4, -0.2) is 56.6 Å². The fourth-order valence-electron chi connectivity index (χ4n) is 5.98. The number of likely N-dealkylation sites (tertiary alicyclic amines) is 1. The predicted molar refractivity (Wildman–Crippen MR) is 159 cm³/mol. The van der Waals surface area contributed by atoms with Crippen LogP contribution in [0.5, 0.6) is 5.88 Å². The zero-order valence-electron chi connectivity index (χ0n) is 24.2. The molecule has 0 bridgehead atoms. The number of hydrogen-bond donors (Lipinski definition) is 2. The maximum Gasteiger partial charge on any atom is 0.213 e. The van der Waals surface area contributed by atoms with Gasteiger partial charge in [-0.2, -0.15) is 5.26 Å². The van der Waals surface area contributed by atoms with Gasteiger partial charge < -0.3 is 24.0 Å². The van der Waals surface area contributed by atoms with Crippen molar-refractivity contribution in [2.45, 2.75) is 57.2 Å². The third-order valence-corrected chi connectivity index (χ3v) is 8.56. The molecule has 44 heavy (non-hydrogen) atoms. The molecule has 2 atom stereocenters.